The molecule has 0 spiro atoms. The van der Waals surface area contributed by atoms with Crippen molar-refractivity contribution < 1.29 is 14.3 Å². The van der Waals surface area contributed by atoms with Gasteiger partial charge in [-0.3, -0.25) is 9.59 Å². The highest BCUT2D eigenvalue weighted by molar-refractivity contribution is 5.96. The van der Waals surface area contributed by atoms with Gasteiger partial charge in [-0.1, -0.05) is 37.3 Å². The highest BCUT2D eigenvalue weighted by Crippen LogP contribution is 2.22. The van der Waals surface area contributed by atoms with Gasteiger partial charge in [-0.25, -0.2) is 0 Å². The van der Waals surface area contributed by atoms with Gasteiger partial charge in [0.05, 0.1) is 0 Å². The molecule has 0 fully saturated rings. The fourth-order valence-corrected chi connectivity index (χ4v) is 3.04. The van der Waals surface area contributed by atoms with Crippen molar-refractivity contribution in [3.05, 3.63) is 47.0 Å². The number of carbonyl (C=O) groups is 2. The monoisotopic (exact) mass is 358 g/mol. The Hall–Kier alpha value is -1.90. The molecule has 3 heteroatoms. The summed E-state index contributed by atoms with van der Waals surface area (Å²) in [5, 5.41) is 0. The van der Waals surface area contributed by atoms with Gasteiger partial charge in [-0.05, 0) is 77.0 Å². The largest absolute Gasteiger partial charge is 0.460 e. The van der Waals surface area contributed by atoms with Crippen LogP contribution in [-0.2, 0) is 20.7 Å². The van der Waals surface area contributed by atoms with Crippen molar-refractivity contribution in [2.75, 3.05) is 0 Å². The molecule has 1 aromatic carbocycles. The van der Waals surface area contributed by atoms with E-state index in [1.165, 1.54) is 11.1 Å². The number of allylic oxidation sites excluding steroid dienone is 2. The van der Waals surface area contributed by atoms with Gasteiger partial charge in [-0.2, -0.15) is 0 Å². The average molecular weight is 359 g/mol. The quantitative estimate of drug-likeness (QED) is 0.427. The van der Waals surface area contributed by atoms with E-state index in [1.54, 1.807) is 0 Å². The van der Waals surface area contributed by atoms with Crippen LogP contribution in [0.15, 0.2) is 35.9 Å². The summed E-state index contributed by atoms with van der Waals surface area (Å²) < 4.78 is 5.37. The van der Waals surface area contributed by atoms with Crippen molar-refractivity contribution in [3.8, 4) is 0 Å². The predicted octanol–water partition coefficient (Wildman–Crippen LogP) is 5.59. The Kier molecular flexibility index (Phi) is 8.77. The van der Waals surface area contributed by atoms with Crippen LogP contribution in [0.4, 0.5) is 0 Å². The lowest BCUT2D eigenvalue weighted by atomic mass is 9.86. The number of hydrogen-bond acceptors (Lipinski definition) is 3. The van der Waals surface area contributed by atoms with Crippen LogP contribution in [0, 0.1) is 12.8 Å². The average Bonchev–Trinajstić information content (AvgIpc) is 2.53. The Morgan fingerprint density at radius 2 is 1.85 bits per heavy atom. The molecule has 1 atom stereocenters. The van der Waals surface area contributed by atoms with E-state index in [0.717, 1.165) is 12.0 Å². The summed E-state index contributed by atoms with van der Waals surface area (Å²) >= 11 is 0. The minimum atomic E-state index is -0.464. The second-order valence-electron chi connectivity index (χ2n) is 7.97. The molecule has 144 valence electrons. The zero-order valence-corrected chi connectivity index (χ0v) is 17.2. The second-order valence-corrected chi connectivity index (χ2v) is 7.97. The van der Waals surface area contributed by atoms with E-state index in [2.05, 4.69) is 19.1 Å². The summed E-state index contributed by atoms with van der Waals surface area (Å²) in [6.07, 6.45) is 5.27. The van der Waals surface area contributed by atoms with Crippen LogP contribution < -0.4 is 0 Å². The zero-order valence-electron chi connectivity index (χ0n) is 17.2. The summed E-state index contributed by atoms with van der Waals surface area (Å²) in [6, 6.07) is 8.19. The van der Waals surface area contributed by atoms with Crippen molar-refractivity contribution in [1.29, 1.82) is 0 Å². The molecule has 3 nitrogen and oxygen atoms in total. The lowest BCUT2D eigenvalue weighted by Crippen LogP contribution is -2.24. The third-order valence-electron chi connectivity index (χ3n) is 4.35. The SMILES string of the molecule is CC/C=C(/C)C(=O)C(CCCC(=O)OC(C)(C)C)Cc1ccccc1C. The molecule has 0 N–H and O–H groups in total. The minimum absolute atomic E-state index is 0.0960. The van der Waals surface area contributed by atoms with Crippen LogP contribution >= 0.6 is 0 Å². The number of benzene rings is 1. The Balaban J connectivity index is 2.78. The first-order chi connectivity index (χ1) is 12.1. The first kappa shape index (κ1) is 22.1. The number of aryl methyl sites for hydroxylation is 1. The third kappa shape index (κ3) is 7.99. The summed E-state index contributed by atoms with van der Waals surface area (Å²) in [5.41, 5.74) is 2.76. The highest BCUT2D eigenvalue weighted by atomic mass is 16.6. The molecule has 0 heterocycles. The highest BCUT2D eigenvalue weighted by Gasteiger charge is 2.22. The molecule has 1 unspecified atom stereocenters. The van der Waals surface area contributed by atoms with Gasteiger partial charge >= 0.3 is 5.97 Å². The predicted molar refractivity (Wildman–Crippen MR) is 107 cm³/mol. The van der Waals surface area contributed by atoms with Crippen molar-refractivity contribution in [2.24, 2.45) is 5.92 Å². The molecule has 0 saturated heterocycles. The molecule has 0 bridgehead atoms. The molecule has 0 aliphatic carbocycles. The summed E-state index contributed by atoms with van der Waals surface area (Å²) in [4.78, 5) is 24.8. The first-order valence-corrected chi connectivity index (χ1v) is 9.61. The number of carbonyl (C=O) groups excluding carboxylic acids is 2. The van der Waals surface area contributed by atoms with E-state index in [9.17, 15) is 9.59 Å². The Bertz CT molecular complexity index is 635. The topological polar surface area (TPSA) is 43.4 Å². The van der Waals surface area contributed by atoms with Crippen LogP contribution in [0.1, 0.15) is 71.4 Å². The van der Waals surface area contributed by atoms with Crippen molar-refractivity contribution >= 4 is 11.8 Å². The molecule has 0 amide bonds. The maximum absolute atomic E-state index is 12.9. The number of ketones is 1. The Morgan fingerprint density at radius 3 is 2.42 bits per heavy atom. The van der Waals surface area contributed by atoms with Crippen LogP contribution in [0.5, 0.6) is 0 Å². The number of ether oxygens (including phenoxy) is 1. The van der Waals surface area contributed by atoms with Gasteiger partial charge in [0.2, 0.25) is 0 Å². The standard InChI is InChI=1S/C23H34O3/c1-7-11-18(3)22(25)20(16-19-13-9-8-12-17(19)2)14-10-15-21(24)26-23(4,5)6/h8-9,11-13,20H,7,10,14-16H2,1-6H3/b18-11-. The fourth-order valence-electron chi connectivity index (χ4n) is 3.04. The van der Waals surface area contributed by atoms with E-state index >= 15 is 0 Å². The molecule has 0 aliphatic rings. The molecule has 0 aromatic heterocycles. The normalized spacial score (nSPS) is 13.4. The van der Waals surface area contributed by atoms with Gasteiger partial charge in [0.25, 0.3) is 0 Å². The smallest absolute Gasteiger partial charge is 0.306 e. The van der Waals surface area contributed by atoms with Gasteiger partial charge in [0.1, 0.15) is 5.60 Å². The minimum Gasteiger partial charge on any atom is -0.460 e. The van der Waals surface area contributed by atoms with E-state index < -0.39 is 5.60 Å². The Labute approximate surface area is 158 Å². The van der Waals surface area contributed by atoms with Gasteiger partial charge in [0.15, 0.2) is 5.78 Å². The van der Waals surface area contributed by atoms with E-state index in [-0.39, 0.29) is 17.7 Å². The maximum Gasteiger partial charge on any atom is 0.306 e. The third-order valence-corrected chi connectivity index (χ3v) is 4.35. The number of esters is 1. The summed E-state index contributed by atoms with van der Waals surface area (Å²) in [7, 11) is 0. The van der Waals surface area contributed by atoms with Crippen molar-refractivity contribution in [2.45, 2.75) is 79.2 Å². The lowest BCUT2D eigenvalue weighted by molar-refractivity contribution is -0.155. The second kappa shape index (κ2) is 10.3. The molecule has 1 aromatic rings. The first-order valence-electron chi connectivity index (χ1n) is 9.61. The zero-order chi connectivity index (χ0) is 19.7. The van der Waals surface area contributed by atoms with Crippen molar-refractivity contribution in [1.82, 2.24) is 0 Å². The molecule has 0 aliphatic heterocycles. The Morgan fingerprint density at radius 1 is 1.19 bits per heavy atom. The number of rotatable bonds is 9. The summed E-state index contributed by atoms with van der Waals surface area (Å²) in [5.74, 6) is -0.0963. The lowest BCUT2D eigenvalue weighted by Gasteiger charge is -2.20. The molecule has 0 saturated carbocycles. The molecule has 1 rings (SSSR count). The molecule has 0 radical (unpaired) electrons. The molecule has 26 heavy (non-hydrogen) atoms. The van der Waals surface area contributed by atoms with Gasteiger partial charge < -0.3 is 4.74 Å². The number of hydrogen-bond donors (Lipinski definition) is 0. The van der Waals surface area contributed by atoms with Gasteiger partial charge in [0, 0.05) is 12.3 Å². The fraction of sp³-hybridized carbons (Fsp3) is 0.565. The van der Waals surface area contributed by atoms with Crippen LogP contribution in [0.3, 0.4) is 0 Å². The van der Waals surface area contributed by atoms with Crippen LogP contribution in [0.2, 0.25) is 0 Å². The molecular formula is C23H34O3. The number of Topliss-reactive ketones (excluding diaryl/α,β-unsaturated/α-hetero) is 1. The summed E-state index contributed by atoms with van der Waals surface area (Å²) in [6.45, 7) is 11.6. The van der Waals surface area contributed by atoms with Crippen molar-refractivity contribution in [3.63, 3.8) is 0 Å². The van der Waals surface area contributed by atoms with Crippen LogP contribution in [-0.4, -0.2) is 17.4 Å². The van der Waals surface area contributed by atoms with Gasteiger partial charge in [-0.15, -0.1) is 0 Å². The van der Waals surface area contributed by atoms with E-state index in [4.69, 9.17) is 4.74 Å². The van der Waals surface area contributed by atoms with E-state index in [1.807, 2.05) is 52.8 Å². The maximum atomic E-state index is 12.9. The van der Waals surface area contributed by atoms with E-state index in [0.29, 0.717) is 25.7 Å². The molecular weight excluding hydrogens is 324 g/mol. The van der Waals surface area contributed by atoms with Crippen LogP contribution in [0.25, 0.3) is 0 Å².